The second-order valence-corrected chi connectivity index (χ2v) is 7.17. The lowest BCUT2D eigenvalue weighted by Crippen LogP contribution is -2.60. The molecule has 3 saturated heterocycles. The first-order valence-electron chi connectivity index (χ1n) is 8.94. The normalized spacial score (nSPS) is 29.8. The van der Waals surface area contributed by atoms with E-state index >= 15 is 0 Å². The highest BCUT2D eigenvalue weighted by Crippen LogP contribution is 2.38. The van der Waals surface area contributed by atoms with Gasteiger partial charge in [-0.2, -0.15) is 0 Å². The van der Waals surface area contributed by atoms with E-state index < -0.39 is 17.9 Å². The Labute approximate surface area is 152 Å². The number of fused-ring (bicyclic) bond motifs is 2. The highest BCUT2D eigenvalue weighted by molar-refractivity contribution is 5.98. The van der Waals surface area contributed by atoms with Gasteiger partial charge < -0.3 is 24.0 Å². The predicted octanol–water partition coefficient (Wildman–Crippen LogP) is 0.776. The number of benzene rings is 1. The molecule has 3 fully saturated rings. The summed E-state index contributed by atoms with van der Waals surface area (Å²) >= 11 is 0. The summed E-state index contributed by atoms with van der Waals surface area (Å²) in [5.74, 6) is -0.952. The molecular formula is C19H24N2O5. The van der Waals surface area contributed by atoms with Gasteiger partial charge >= 0.3 is 0 Å². The lowest BCUT2D eigenvalue weighted by Gasteiger charge is -2.38. The summed E-state index contributed by atoms with van der Waals surface area (Å²) in [6.45, 7) is 1.23. The minimum absolute atomic E-state index is 0.0311. The Morgan fingerprint density at radius 1 is 1.04 bits per heavy atom. The minimum Gasteiger partial charge on any atom is -0.372 e. The first kappa shape index (κ1) is 17.5. The third-order valence-corrected chi connectivity index (χ3v) is 5.76. The Kier molecular flexibility index (Phi) is 4.46. The summed E-state index contributed by atoms with van der Waals surface area (Å²) in [5, 5.41) is 0. The largest absolute Gasteiger partial charge is 0.372 e. The van der Waals surface area contributed by atoms with Gasteiger partial charge in [-0.05, 0) is 5.56 Å². The molecular weight excluding hydrogens is 336 g/mol. The van der Waals surface area contributed by atoms with Gasteiger partial charge in [0.15, 0.2) is 5.79 Å². The van der Waals surface area contributed by atoms with Crippen LogP contribution in [0.5, 0.6) is 0 Å². The Morgan fingerprint density at radius 3 is 2.42 bits per heavy atom. The zero-order chi connectivity index (χ0) is 18.3. The van der Waals surface area contributed by atoms with Crippen molar-refractivity contribution < 1.29 is 23.8 Å². The zero-order valence-corrected chi connectivity index (χ0v) is 15.1. The molecule has 140 valence electrons. The van der Waals surface area contributed by atoms with Gasteiger partial charge in [-0.1, -0.05) is 30.3 Å². The lowest BCUT2D eigenvalue weighted by atomic mass is 10.1. The van der Waals surface area contributed by atoms with E-state index in [1.807, 2.05) is 30.3 Å². The lowest BCUT2D eigenvalue weighted by molar-refractivity contribution is -0.196. The zero-order valence-electron chi connectivity index (χ0n) is 15.1. The standard InChI is InChI=1S/C19H24N2O5/c1-24-19(25-2)9-16-18(23)20-10-14(8-15(20)17(22)21(16)12-19)26-11-13-6-4-3-5-7-13/h3-7,14-16H,8-12H2,1-2H3/t14-,15+,16+/m0/s1. The molecule has 2 amide bonds. The number of piperazine rings is 1. The van der Waals surface area contributed by atoms with E-state index in [4.69, 9.17) is 14.2 Å². The summed E-state index contributed by atoms with van der Waals surface area (Å²) in [5.41, 5.74) is 1.08. The number of carbonyl (C=O) groups is 2. The van der Waals surface area contributed by atoms with E-state index in [0.29, 0.717) is 26.0 Å². The highest BCUT2D eigenvalue weighted by atomic mass is 16.7. The van der Waals surface area contributed by atoms with Gasteiger partial charge in [0.25, 0.3) is 0 Å². The van der Waals surface area contributed by atoms with E-state index in [0.717, 1.165) is 5.56 Å². The van der Waals surface area contributed by atoms with E-state index in [1.54, 1.807) is 24.0 Å². The molecule has 0 radical (unpaired) electrons. The number of rotatable bonds is 5. The van der Waals surface area contributed by atoms with Gasteiger partial charge in [-0.25, -0.2) is 0 Å². The van der Waals surface area contributed by atoms with Crippen LogP contribution in [0.1, 0.15) is 18.4 Å². The van der Waals surface area contributed by atoms with Crippen molar-refractivity contribution in [1.29, 1.82) is 0 Å². The van der Waals surface area contributed by atoms with Gasteiger partial charge in [-0.3, -0.25) is 9.59 Å². The second kappa shape index (κ2) is 6.64. The van der Waals surface area contributed by atoms with Gasteiger partial charge in [0.05, 0.1) is 19.3 Å². The number of amides is 2. The van der Waals surface area contributed by atoms with Gasteiger partial charge in [-0.15, -0.1) is 0 Å². The molecule has 0 saturated carbocycles. The average Bonchev–Trinajstić information content (AvgIpc) is 3.28. The monoisotopic (exact) mass is 360 g/mol. The summed E-state index contributed by atoms with van der Waals surface area (Å²) in [6.07, 6.45) is 0.777. The molecule has 4 rings (SSSR count). The maximum absolute atomic E-state index is 12.9. The van der Waals surface area contributed by atoms with Crippen LogP contribution in [0.3, 0.4) is 0 Å². The van der Waals surface area contributed by atoms with E-state index in [9.17, 15) is 9.59 Å². The van der Waals surface area contributed by atoms with Gasteiger partial charge in [0, 0.05) is 33.6 Å². The van der Waals surface area contributed by atoms with Crippen LogP contribution < -0.4 is 0 Å². The SMILES string of the molecule is COC1(OC)C[C@@H]2C(=O)N3C[C@@H](OCc4ccccc4)C[C@@H]3C(=O)N2C1. The van der Waals surface area contributed by atoms with Crippen molar-refractivity contribution in [2.75, 3.05) is 27.3 Å². The van der Waals surface area contributed by atoms with Crippen LogP contribution >= 0.6 is 0 Å². The number of methoxy groups -OCH3 is 2. The fraction of sp³-hybridized carbons (Fsp3) is 0.579. The van der Waals surface area contributed by atoms with Crippen molar-refractivity contribution in [2.24, 2.45) is 0 Å². The molecule has 1 aromatic carbocycles. The van der Waals surface area contributed by atoms with Crippen LogP contribution in [0.2, 0.25) is 0 Å². The molecule has 3 aliphatic heterocycles. The van der Waals surface area contributed by atoms with Crippen LogP contribution in [-0.4, -0.2) is 72.9 Å². The molecule has 3 aliphatic rings. The van der Waals surface area contributed by atoms with E-state index in [1.165, 1.54) is 0 Å². The topological polar surface area (TPSA) is 68.3 Å². The van der Waals surface area contributed by atoms with Crippen LogP contribution in [0.25, 0.3) is 0 Å². The van der Waals surface area contributed by atoms with Crippen molar-refractivity contribution in [3.8, 4) is 0 Å². The first-order valence-corrected chi connectivity index (χ1v) is 8.94. The van der Waals surface area contributed by atoms with Gasteiger partial charge in [0.2, 0.25) is 11.8 Å². The quantitative estimate of drug-likeness (QED) is 0.726. The Hall–Kier alpha value is -1.96. The molecule has 26 heavy (non-hydrogen) atoms. The molecule has 7 nitrogen and oxygen atoms in total. The maximum Gasteiger partial charge on any atom is 0.246 e. The number of nitrogens with zero attached hydrogens (tertiary/aromatic N) is 2. The second-order valence-electron chi connectivity index (χ2n) is 7.17. The molecule has 0 bridgehead atoms. The van der Waals surface area contributed by atoms with Crippen molar-refractivity contribution in [3.05, 3.63) is 35.9 Å². The number of ether oxygens (including phenoxy) is 3. The Balaban J connectivity index is 1.44. The van der Waals surface area contributed by atoms with Crippen molar-refractivity contribution in [3.63, 3.8) is 0 Å². The number of carbonyl (C=O) groups excluding carboxylic acids is 2. The average molecular weight is 360 g/mol. The predicted molar refractivity (Wildman–Crippen MR) is 92.0 cm³/mol. The van der Waals surface area contributed by atoms with Crippen molar-refractivity contribution in [2.45, 2.75) is 43.4 Å². The summed E-state index contributed by atoms with van der Waals surface area (Å²) in [4.78, 5) is 29.2. The minimum atomic E-state index is -0.890. The van der Waals surface area contributed by atoms with Gasteiger partial charge in [0.1, 0.15) is 12.1 Å². The Bertz CT molecular complexity index is 656. The maximum atomic E-state index is 12.9. The highest BCUT2D eigenvalue weighted by Gasteiger charge is 2.58. The van der Waals surface area contributed by atoms with E-state index in [2.05, 4.69) is 0 Å². The molecule has 0 spiro atoms. The molecule has 1 aromatic rings. The van der Waals surface area contributed by atoms with Crippen molar-refractivity contribution >= 4 is 11.8 Å². The van der Waals surface area contributed by atoms with Crippen molar-refractivity contribution in [1.82, 2.24) is 9.80 Å². The fourth-order valence-electron chi connectivity index (χ4n) is 4.24. The molecule has 0 N–H and O–H groups in total. The Morgan fingerprint density at radius 2 is 1.73 bits per heavy atom. The number of hydrogen-bond acceptors (Lipinski definition) is 5. The fourth-order valence-corrected chi connectivity index (χ4v) is 4.24. The third-order valence-electron chi connectivity index (χ3n) is 5.76. The van der Waals surface area contributed by atoms with Crippen LogP contribution in [0, 0.1) is 0 Å². The third kappa shape index (κ3) is 2.80. The van der Waals surface area contributed by atoms with Crippen LogP contribution in [0.15, 0.2) is 30.3 Å². The molecule has 0 aliphatic carbocycles. The van der Waals surface area contributed by atoms with Crippen LogP contribution in [-0.2, 0) is 30.4 Å². The van der Waals surface area contributed by atoms with E-state index in [-0.39, 0.29) is 24.5 Å². The first-order chi connectivity index (χ1) is 12.6. The molecule has 0 unspecified atom stereocenters. The molecule has 7 heteroatoms. The summed E-state index contributed by atoms with van der Waals surface area (Å²) < 4.78 is 16.9. The van der Waals surface area contributed by atoms with Crippen LogP contribution in [0.4, 0.5) is 0 Å². The molecule has 3 atom stereocenters. The smallest absolute Gasteiger partial charge is 0.246 e. The number of hydrogen-bond donors (Lipinski definition) is 0. The summed E-state index contributed by atoms with van der Waals surface area (Å²) in [6, 6.07) is 8.96. The molecule has 0 aromatic heterocycles. The summed E-state index contributed by atoms with van der Waals surface area (Å²) in [7, 11) is 3.09. The molecule has 3 heterocycles.